The van der Waals surface area contributed by atoms with Gasteiger partial charge >= 0.3 is 53.8 Å². The Morgan fingerprint density at radius 3 is 0.344 bits per heavy atom. The molecule has 90 heavy (non-hydrogen) atoms. The monoisotopic (exact) mass is 1460 g/mol. The van der Waals surface area contributed by atoms with Crippen LogP contribution < -0.4 is 11.5 Å². The summed E-state index contributed by atoms with van der Waals surface area (Å²) >= 11 is 0. The van der Waals surface area contributed by atoms with Crippen molar-refractivity contribution in [2.75, 3.05) is 162 Å². The van der Waals surface area contributed by atoms with Gasteiger partial charge in [0.2, 0.25) is 0 Å². The van der Waals surface area contributed by atoms with Gasteiger partial charge in [-0.3, -0.25) is 17.8 Å². The van der Waals surface area contributed by atoms with Crippen LogP contribution in [0.1, 0.15) is 207 Å². The number of aliphatic hydroxyl groups excluding tert-OH is 9. The second-order valence-electron chi connectivity index (χ2n) is 7.84. The van der Waals surface area contributed by atoms with E-state index in [2.05, 4.69) is 0 Å². The second-order valence-corrected chi connectivity index (χ2v) is 21.0. The normalized spacial score (nSPS) is 6.98. The fraction of sp³-hybridized carbons (Fsp3) is 1.00. The topological polar surface area (TPSA) is 413 Å². The Labute approximate surface area is 573 Å². The molecule has 0 aromatic carbocycles. The zero-order valence-electron chi connectivity index (χ0n) is 69.4. The van der Waals surface area contributed by atoms with Gasteiger partial charge in [0.05, 0.1) is 0 Å². The minimum absolute atomic E-state index is 0.644. The van der Waals surface area contributed by atoms with E-state index in [0.29, 0.717) is 13.1 Å². The number of nitrogens with two attached hydrogens (primary N) is 2. The lowest BCUT2D eigenvalue weighted by atomic mass is 10.5. The van der Waals surface area contributed by atoms with Crippen LogP contribution in [-0.2, 0) is 71.0 Å². The van der Waals surface area contributed by atoms with Crippen LogP contribution >= 0.6 is 0 Å². The van der Waals surface area contributed by atoms with Gasteiger partial charge < -0.3 is 111 Å². The third kappa shape index (κ3) is 247. The molecule has 0 bridgehead atoms. The summed E-state index contributed by atoms with van der Waals surface area (Å²) in [6.45, 7) is 57.3. The Morgan fingerprint density at radius 2 is 0.311 bits per heavy atom. The molecule has 0 aromatic rings. The maximum atomic E-state index is 8.40. The van der Waals surface area contributed by atoms with Gasteiger partial charge in [0.25, 0.3) is 0 Å². The molecule has 0 amide bonds. The second kappa shape index (κ2) is 327. The van der Waals surface area contributed by atoms with E-state index in [9.17, 15) is 0 Å². The minimum Gasteiger partial charge on any atom is -0.400 e. The molecule has 33 heteroatoms. The zero-order chi connectivity index (χ0) is 81.6. The predicted octanol–water partition coefficient (Wildman–Crippen LogP) is 10.8. The summed E-state index contributed by atoms with van der Waals surface area (Å²) in [5.41, 5.74) is 10.7. The number of aliphatic hydroxyl groups is 9. The van der Waals surface area contributed by atoms with E-state index >= 15 is 0 Å². The summed E-state index contributed by atoms with van der Waals surface area (Å²) in [7, 11) is 16.5. The van der Waals surface area contributed by atoms with Gasteiger partial charge in [0, 0.05) is 173 Å². The van der Waals surface area contributed by atoms with Crippen molar-refractivity contribution in [1.29, 1.82) is 0 Å². The summed E-state index contributed by atoms with van der Waals surface area (Å²) in [4.78, 5) is 0. The molecule has 13 N–H and O–H groups in total. The number of hydrogen-bond acceptors (Lipinski definition) is 27. The lowest BCUT2D eigenvalue weighted by Gasteiger charge is -2.23. The molecule has 0 aliphatic rings. The van der Waals surface area contributed by atoms with Crippen LogP contribution in [0.3, 0.4) is 0 Å². The molecule has 0 heterocycles. The molecule has 0 aromatic heterocycles. The summed E-state index contributed by atoms with van der Waals surface area (Å²) in [6.07, 6.45) is 1.75. The van der Waals surface area contributed by atoms with Crippen molar-refractivity contribution in [3.05, 3.63) is 0 Å². The Bertz CT molecular complexity index is 617. The molecular formula is C57H176N2O25Si6. The van der Waals surface area contributed by atoms with Crippen molar-refractivity contribution in [1.82, 2.24) is 0 Å². The lowest BCUT2D eigenvalue weighted by molar-refractivity contribution is 0.122. The Balaban J connectivity index is -0.0000000178. The van der Waals surface area contributed by atoms with Crippen molar-refractivity contribution in [2.24, 2.45) is 11.5 Å². The quantitative estimate of drug-likeness (QED) is 0.0504. The van der Waals surface area contributed by atoms with Crippen molar-refractivity contribution in [2.45, 2.75) is 231 Å². The van der Waals surface area contributed by atoms with Gasteiger partial charge in [-0.05, 0) is 25.9 Å². The van der Waals surface area contributed by atoms with Gasteiger partial charge in [-0.15, -0.1) is 0 Å². The van der Waals surface area contributed by atoms with Crippen molar-refractivity contribution < 1.29 is 117 Å². The molecule has 0 fully saturated rings. The highest BCUT2D eigenvalue weighted by Gasteiger charge is 2.38. The molecule has 0 aliphatic carbocycles. The fourth-order valence-electron chi connectivity index (χ4n) is 3.12. The lowest BCUT2D eigenvalue weighted by Crippen LogP contribution is -2.42. The average Bonchev–Trinajstić information content (AvgIpc) is 3.70. The smallest absolute Gasteiger partial charge is 0.400 e. The third-order valence-electron chi connectivity index (χ3n) is 5.97. The molecule has 0 atom stereocenters. The van der Waals surface area contributed by atoms with Crippen LogP contribution in [0, 0.1) is 0 Å². The number of rotatable bonds is 20. The first kappa shape index (κ1) is 185. The maximum Gasteiger partial charge on any atom is 0.549 e. The van der Waals surface area contributed by atoms with Crippen molar-refractivity contribution in [3.63, 3.8) is 0 Å². The van der Waals surface area contributed by atoms with E-state index in [1.54, 1.807) is 85.3 Å². The van der Waals surface area contributed by atoms with E-state index in [0.717, 1.165) is 101 Å². The molecule has 0 radical (unpaired) electrons. The summed E-state index contributed by atoms with van der Waals surface area (Å²) in [5, 5.41) is 63.0. The van der Waals surface area contributed by atoms with Crippen LogP contribution in [0.4, 0.5) is 0 Å². The highest BCUT2D eigenvalue weighted by molar-refractivity contribution is 6.61. The van der Waals surface area contributed by atoms with E-state index in [1.165, 1.54) is 0 Å². The molecule has 0 unspecified atom stereocenters. The van der Waals surface area contributed by atoms with Crippen molar-refractivity contribution >= 4 is 53.8 Å². The van der Waals surface area contributed by atoms with Crippen LogP contribution in [0.25, 0.3) is 0 Å². The third-order valence-corrected chi connectivity index (χ3v) is 17.1. The molecular weight excluding hydrogens is 1280 g/mol. The van der Waals surface area contributed by atoms with Crippen LogP contribution in [0.5, 0.6) is 0 Å². The molecule has 0 saturated heterocycles. The average molecular weight is 1460 g/mol. The zero-order valence-corrected chi connectivity index (χ0v) is 75.4. The first-order chi connectivity index (χ1) is 43.8. The van der Waals surface area contributed by atoms with Crippen molar-refractivity contribution in [3.8, 4) is 0 Å². The highest BCUT2D eigenvalue weighted by atomic mass is 28.4. The summed E-state index contributed by atoms with van der Waals surface area (Å²) in [5.74, 6) is 0. The Kier molecular flexibility index (Phi) is 674. The van der Waals surface area contributed by atoms with Gasteiger partial charge in [0.15, 0.2) is 0 Å². The van der Waals surface area contributed by atoms with E-state index in [-0.39, 0.29) is 0 Å². The molecule has 0 saturated carbocycles. The largest absolute Gasteiger partial charge is 0.549 e. The van der Waals surface area contributed by atoms with E-state index in [1.807, 2.05) is 194 Å². The van der Waals surface area contributed by atoms with Gasteiger partial charge in [-0.1, -0.05) is 194 Å². The molecule has 588 valence electrons. The van der Waals surface area contributed by atoms with Gasteiger partial charge in [-0.25, -0.2) is 0 Å². The van der Waals surface area contributed by atoms with Gasteiger partial charge in [-0.2, -0.15) is 0 Å². The maximum absolute atomic E-state index is 8.40. The molecule has 0 aliphatic heterocycles. The summed E-state index contributed by atoms with van der Waals surface area (Å²) < 4.78 is 95.2. The Hall–Kier alpha value is -0.419. The molecule has 27 nitrogen and oxygen atoms in total. The fourth-order valence-corrected chi connectivity index (χ4v) is 9.35. The van der Waals surface area contributed by atoms with Crippen LogP contribution in [0.2, 0.25) is 24.2 Å². The van der Waals surface area contributed by atoms with Crippen LogP contribution in [0.15, 0.2) is 0 Å². The van der Waals surface area contributed by atoms with Crippen LogP contribution in [-0.4, -0.2) is 262 Å². The Morgan fingerprint density at radius 1 is 0.233 bits per heavy atom. The minimum atomic E-state index is -2.32. The van der Waals surface area contributed by atoms with E-state index < -0.39 is 53.8 Å². The highest BCUT2D eigenvalue weighted by Crippen LogP contribution is 2.15. The standard InChI is InChI=1S/2C6H17NO3Si.2C5H14O3Si.13C2H6.9CH4O.2O2Si/c2*1-8-11(9-2,10-3)6-4-5-7;2*1-5-9(6-2,7-3)8-4;22*1-2;2*1-3-2/h2*4-7H2,1-3H3;2*5H2,1-4H3;13*1-2H3;9*2H,1H3;;. The predicted molar refractivity (Wildman–Crippen MR) is 400 cm³/mol. The first-order valence-electron chi connectivity index (χ1n) is 30.8. The molecule has 0 rings (SSSR count). The summed E-state index contributed by atoms with van der Waals surface area (Å²) in [6, 6.07) is 3.20. The SMILES string of the molecule is CC.CC.CC.CC.CC.CC.CC.CC.CC.CC.CC.CC.CC.CC[Si](OC)(OC)OC.CC[Si](OC)(OC)OC.CO.CO.CO.CO.CO.CO.CO.CO.CO.CO[Si](CCCN)(OC)OC.CO[Si](CCCN)(OC)OC.O=[Si]=O.O=[Si]=O. The van der Waals surface area contributed by atoms with Gasteiger partial charge in [0.1, 0.15) is 0 Å². The number of hydrogen-bond donors (Lipinski definition) is 11. The molecule has 0 spiro atoms. The van der Waals surface area contributed by atoms with E-state index in [4.69, 9.17) is 128 Å². The first-order valence-corrected chi connectivity index (χ1v) is 40.2.